The van der Waals surface area contributed by atoms with Crippen LogP contribution < -0.4 is 4.90 Å². The molecule has 0 aliphatic rings. The standard InChI is InChI=1S/C12H15N3O2S/c1-4-9-13-10(15(3)7(2)12(16)17)8-5-6-18-11(8)14-9/h5-7H,4H2,1-3H3,(H,16,17). The van der Waals surface area contributed by atoms with Crippen molar-refractivity contribution in [3.63, 3.8) is 0 Å². The molecule has 0 aliphatic heterocycles. The Morgan fingerprint density at radius 2 is 2.28 bits per heavy atom. The summed E-state index contributed by atoms with van der Waals surface area (Å²) in [7, 11) is 1.75. The molecule has 0 radical (unpaired) electrons. The molecule has 1 atom stereocenters. The Morgan fingerprint density at radius 1 is 1.56 bits per heavy atom. The van der Waals surface area contributed by atoms with Crippen molar-refractivity contribution in [2.45, 2.75) is 26.3 Å². The van der Waals surface area contributed by atoms with E-state index in [2.05, 4.69) is 9.97 Å². The van der Waals surface area contributed by atoms with Crippen molar-refractivity contribution in [3.05, 3.63) is 17.3 Å². The van der Waals surface area contributed by atoms with E-state index in [1.807, 2.05) is 18.4 Å². The summed E-state index contributed by atoms with van der Waals surface area (Å²) in [5, 5.41) is 11.9. The molecule has 0 saturated carbocycles. The number of hydrogen-bond donors (Lipinski definition) is 1. The summed E-state index contributed by atoms with van der Waals surface area (Å²) in [6.07, 6.45) is 0.732. The molecule has 0 spiro atoms. The first-order valence-electron chi connectivity index (χ1n) is 5.74. The van der Waals surface area contributed by atoms with Gasteiger partial charge in [0.2, 0.25) is 0 Å². The van der Waals surface area contributed by atoms with Crippen LogP contribution in [0, 0.1) is 0 Å². The van der Waals surface area contributed by atoms with Crippen LogP contribution in [0.15, 0.2) is 11.4 Å². The average molecular weight is 265 g/mol. The van der Waals surface area contributed by atoms with E-state index in [-0.39, 0.29) is 0 Å². The number of anilines is 1. The summed E-state index contributed by atoms with van der Waals surface area (Å²) >= 11 is 1.54. The van der Waals surface area contributed by atoms with E-state index in [0.717, 1.165) is 22.5 Å². The Hall–Kier alpha value is -1.69. The molecule has 0 bridgehead atoms. The molecule has 6 heteroatoms. The average Bonchev–Trinajstić information content (AvgIpc) is 2.83. The smallest absolute Gasteiger partial charge is 0.326 e. The van der Waals surface area contributed by atoms with Crippen LogP contribution in [-0.2, 0) is 11.2 Å². The highest BCUT2D eigenvalue weighted by atomic mass is 32.1. The largest absolute Gasteiger partial charge is 0.480 e. The monoisotopic (exact) mass is 265 g/mol. The summed E-state index contributed by atoms with van der Waals surface area (Å²) in [5.41, 5.74) is 0. The number of hydrogen-bond acceptors (Lipinski definition) is 5. The Labute approximate surface area is 109 Å². The van der Waals surface area contributed by atoms with Crippen LogP contribution in [-0.4, -0.2) is 34.1 Å². The number of rotatable bonds is 4. The second-order valence-electron chi connectivity index (χ2n) is 4.08. The topological polar surface area (TPSA) is 66.3 Å². The summed E-state index contributed by atoms with van der Waals surface area (Å²) in [5.74, 6) is 0.565. The number of fused-ring (bicyclic) bond motifs is 1. The number of carbonyl (C=O) groups is 1. The van der Waals surface area contributed by atoms with Crippen molar-refractivity contribution in [1.29, 1.82) is 0 Å². The van der Waals surface area contributed by atoms with Crippen LogP contribution in [0.3, 0.4) is 0 Å². The van der Waals surface area contributed by atoms with E-state index in [9.17, 15) is 4.79 Å². The molecule has 2 aromatic rings. The molecule has 1 unspecified atom stereocenters. The van der Waals surface area contributed by atoms with Gasteiger partial charge in [-0.3, -0.25) is 0 Å². The summed E-state index contributed by atoms with van der Waals surface area (Å²) in [6, 6.07) is 1.31. The third kappa shape index (κ3) is 2.15. The molecule has 0 aromatic carbocycles. The summed E-state index contributed by atoms with van der Waals surface area (Å²) in [4.78, 5) is 22.5. The van der Waals surface area contributed by atoms with Crippen molar-refractivity contribution in [2.75, 3.05) is 11.9 Å². The molecule has 18 heavy (non-hydrogen) atoms. The zero-order chi connectivity index (χ0) is 13.3. The van der Waals surface area contributed by atoms with Crippen molar-refractivity contribution < 1.29 is 9.90 Å². The number of nitrogens with zero attached hydrogens (tertiary/aromatic N) is 3. The van der Waals surface area contributed by atoms with Gasteiger partial charge in [0.1, 0.15) is 22.5 Å². The number of carboxylic acid groups (broad SMARTS) is 1. The first-order chi connectivity index (χ1) is 8.54. The minimum Gasteiger partial charge on any atom is -0.480 e. The summed E-state index contributed by atoms with van der Waals surface area (Å²) in [6.45, 7) is 3.63. The SMILES string of the molecule is CCc1nc(N(C)C(C)C(=O)O)c2ccsc2n1. The minimum absolute atomic E-state index is 0.618. The van der Waals surface area contributed by atoms with Gasteiger partial charge in [-0.1, -0.05) is 6.92 Å². The van der Waals surface area contributed by atoms with Crippen molar-refractivity contribution >= 4 is 33.3 Å². The molecule has 0 aliphatic carbocycles. The normalized spacial score (nSPS) is 12.6. The molecule has 0 fully saturated rings. The quantitative estimate of drug-likeness (QED) is 0.917. The molecule has 96 valence electrons. The van der Waals surface area contributed by atoms with Gasteiger partial charge < -0.3 is 10.0 Å². The van der Waals surface area contributed by atoms with Gasteiger partial charge in [0.05, 0.1) is 5.39 Å². The fourth-order valence-corrected chi connectivity index (χ4v) is 2.44. The van der Waals surface area contributed by atoms with Gasteiger partial charge in [-0.05, 0) is 18.4 Å². The molecule has 0 saturated heterocycles. The van der Waals surface area contributed by atoms with Crippen LogP contribution in [0.25, 0.3) is 10.2 Å². The third-order valence-corrected chi connectivity index (χ3v) is 3.75. The van der Waals surface area contributed by atoms with Gasteiger partial charge in [-0.25, -0.2) is 14.8 Å². The number of thiophene rings is 1. The Morgan fingerprint density at radius 3 is 2.89 bits per heavy atom. The van der Waals surface area contributed by atoms with E-state index in [4.69, 9.17) is 5.11 Å². The molecule has 0 amide bonds. The van der Waals surface area contributed by atoms with Gasteiger partial charge in [0.25, 0.3) is 0 Å². The second-order valence-corrected chi connectivity index (χ2v) is 4.98. The lowest BCUT2D eigenvalue weighted by Gasteiger charge is -2.23. The first-order valence-corrected chi connectivity index (χ1v) is 6.62. The zero-order valence-corrected chi connectivity index (χ0v) is 11.4. The first kappa shape index (κ1) is 12.8. The Bertz CT molecular complexity index is 582. The predicted molar refractivity (Wildman–Crippen MR) is 72.3 cm³/mol. The maximum atomic E-state index is 11.1. The second kappa shape index (κ2) is 4.89. The third-order valence-electron chi connectivity index (χ3n) is 2.94. The van der Waals surface area contributed by atoms with E-state index in [0.29, 0.717) is 5.82 Å². The van der Waals surface area contributed by atoms with E-state index < -0.39 is 12.0 Å². The van der Waals surface area contributed by atoms with Crippen molar-refractivity contribution in [3.8, 4) is 0 Å². The van der Waals surface area contributed by atoms with Gasteiger partial charge in [0.15, 0.2) is 0 Å². The maximum absolute atomic E-state index is 11.1. The Kier molecular flexibility index (Phi) is 3.47. The van der Waals surface area contributed by atoms with E-state index in [1.165, 1.54) is 0 Å². The molecule has 1 N–H and O–H groups in total. The van der Waals surface area contributed by atoms with Crippen molar-refractivity contribution in [2.24, 2.45) is 0 Å². The zero-order valence-electron chi connectivity index (χ0n) is 10.5. The highest BCUT2D eigenvalue weighted by Crippen LogP contribution is 2.28. The highest BCUT2D eigenvalue weighted by molar-refractivity contribution is 7.16. The fourth-order valence-electron chi connectivity index (χ4n) is 1.66. The predicted octanol–water partition coefficient (Wildman–Crippen LogP) is 2.16. The van der Waals surface area contributed by atoms with Gasteiger partial charge in [0, 0.05) is 13.5 Å². The lowest BCUT2D eigenvalue weighted by molar-refractivity contribution is -0.138. The lowest BCUT2D eigenvalue weighted by Crippen LogP contribution is -2.36. The Balaban J connectivity index is 2.54. The molecular weight excluding hydrogens is 250 g/mol. The van der Waals surface area contributed by atoms with Crippen LogP contribution in [0.5, 0.6) is 0 Å². The molecule has 2 heterocycles. The van der Waals surface area contributed by atoms with Crippen molar-refractivity contribution in [1.82, 2.24) is 9.97 Å². The van der Waals surface area contributed by atoms with Crippen LogP contribution in [0.1, 0.15) is 19.7 Å². The lowest BCUT2D eigenvalue weighted by atomic mass is 10.2. The molecular formula is C12H15N3O2S. The van der Waals surface area contributed by atoms with Crippen LogP contribution >= 0.6 is 11.3 Å². The highest BCUT2D eigenvalue weighted by Gasteiger charge is 2.21. The summed E-state index contributed by atoms with van der Waals surface area (Å²) < 4.78 is 0. The number of carboxylic acids is 1. The van der Waals surface area contributed by atoms with Gasteiger partial charge >= 0.3 is 5.97 Å². The fraction of sp³-hybridized carbons (Fsp3) is 0.417. The van der Waals surface area contributed by atoms with Crippen LogP contribution in [0.2, 0.25) is 0 Å². The van der Waals surface area contributed by atoms with E-state index in [1.54, 1.807) is 30.2 Å². The van der Waals surface area contributed by atoms with Gasteiger partial charge in [-0.15, -0.1) is 11.3 Å². The molecule has 5 nitrogen and oxygen atoms in total. The molecule has 2 rings (SSSR count). The van der Waals surface area contributed by atoms with Gasteiger partial charge in [-0.2, -0.15) is 0 Å². The number of aliphatic carboxylic acids is 1. The number of aromatic nitrogens is 2. The number of aryl methyl sites for hydroxylation is 1. The number of likely N-dealkylation sites (N-methyl/N-ethyl adjacent to an activating group) is 1. The minimum atomic E-state index is -0.863. The molecule has 2 aromatic heterocycles. The van der Waals surface area contributed by atoms with Crippen LogP contribution in [0.4, 0.5) is 5.82 Å². The maximum Gasteiger partial charge on any atom is 0.326 e. The van der Waals surface area contributed by atoms with E-state index >= 15 is 0 Å².